The predicted molar refractivity (Wildman–Crippen MR) is 106 cm³/mol. The van der Waals surface area contributed by atoms with Gasteiger partial charge in [-0.3, -0.25) is 4.90 Å². The van der Waals surface area contributed by atoms with Crippen LogP contribution in [0.15, 0.2) is 27.6 Å². The summed E-state index contributed by atoms with van der Waals surface area (Å²) in [6.07, 6.45) is 2.21. The molecule has 0 spiro atoms. The molecule has 0 N–H and O–H groups in total. The van der Waals surface area contributed by atoms with Gasteiger partial charge in [0.25, 0.3) is 0 Å². The monoisotopic (exact) mass is 431 g/mol. The van der Waals surface area contributed by atoms with Crippen molar-refractivity contribution in [3.05, 3.63) is 28.2 Å². The van der Waals surface area contributed by atoms with Crippen LogP contribution >= 0.6 is 15.9 Å². The lowest BCUT2D eigenvalue weighted by Crippen LogP contribution is -2.45. The van der Waals surface area contributed by atoms with Crippen molar-refractivity contribution in [2.75, 3.05) is 46.8 Å². The van der Waals surface area contributed by atoms with Crippen molar-refractivity contribution in [1.82, 2.24) is 14.1 Å². The fourth-order valence-corrected chi connectivity index (χ4v) is 5.95. The number of hydrogen-bond acceptors (Lipinski definition) is 4. The average Bonchev–Trinajstić information content (AvgIpc) is 2.97. The highest BCUT2D eigenvalue weighted by Crippen LogP contribution is 2.27. The van der Waals surface area contributed by atoms with Gasteiger partial charge >= 0.3 is 0 Å². The second kappa shape index (κ2) is 8.95. The molecular formula is C18H30BrN3O2S. The van der Waals surface area contributed by atoms with Crippen LogP contribution in [0.25, 0.3) is 0 Å². The minimum absolute atomic E-state index is 0.311. The fourth-order valence-electron chi connectivity index (χ4n) is 3.33. The van der Waals surface area contributed by atoms with E-state index >= 15 is 0 Å². The minimum atomic E-state index is -3.53. The van der Waals surface area contributed by atoms with Crippen molar-refractivity contribution in [3.8, 4) is 0 Å². The molecular weight excluding hydrogens is 402 g/mol. The highest BCUT2D eigenvalue weighted by Gasteiger charge is 2.32. The van der Waals surface area contributed by atoms with Crippen LogP contribution in [0, 0.1) is 6.92 Å². The van der Waals surface area contributed by atoms with Crippen LogP contribution in [-0.2, 0) is 10.0 Å². The lowest BCUT2D eigenvalue weighted by Gasteiger charge is -2.30. The molecule has 0 saturated carbocycles. The lowest BCUT2D eigenvalue weighted by atomic mass is 10.2. The topological polar surface area (TPSA) is 43.9 Å². The van der Waals surface area contributed by atoms with Crippen molar-refractivity contribution >= 4 is 26.0 Å². The number of hydrogen-bond donors (Lipinski definition) is 0. The van der Waals surface area contributed by atoms with Crippen LogP contribution in [0.3, 0.4) is 0 Å². The number of halogens is 1. The van der Waals surface area contributed by atoms with Gasteiger partial charge in [-0.1, -0.05) is 13.0 Å². The SMILES string of the molecule is CCN1CCCC1CN(CCN(C)C)S(=O)(=O)c1ccc(C)cc1Br. The van der Waals surface area contributed by atoms with Gasteiger partial charge in [-0.05, 0) is 80.6 Å². The van der Waals surface area contributed by atoms with E-state index in [1.807, 2.05) is 38.1 Å². The maximum Gasteiger partial charge on any atom is 0.244 e. The summed E-state index contributed by atoms with van der Waals surface area (Å²) in [4.78, 5) is 4.78. The van der Waals surface area contributed by atoms with Gasteiger partial charge < -0.3 is 4.90 Å². The Morgan fingerprint density at radius 3 is 2.60 bits per heavy atom. The van der Waals surface area contributed by atoms with E-state index in [2.05, 4.69) is 27.8 Å². The Hall–Kier alpha value is -0.470. The third-order valence-electron chi connectivity index (χ3n) is 4.82. The summed E-state index contributed by atoms with van der Waals surface area (Å²) in [6.45, 7) is 7.92. The molecule has 1 aliphatic rings. The lowest BCUT2D eigenvalue weighted by molar-refractivity contribution is 0.220. The Morgan fingerprint density at radius 1 is 1.28 bits per heavy atom. The molecule has 1 unspecified atom stereocenters. The molecule has 1 aromatic carbocycles. The van der Waals surface area contributed by atoms with Gasteiger partial charge in [-0.15, -0.1) is 0 Å². The predicted octanol–water partition coefficient (Wildman–Crippen LogP) is 2.79. The first-order valence-corrected chi connectivity index (χ1v) is 11.1. The molecule has 0 radical (unpaired) electrons. The van der Waals surface area contributed by atoms with Crippen molar-refractivity contribution in [2.24, 2.45) is 0 Å². The quantitative estimate of drug-likeness (QED) is 0.634. The summed E-state index contributed by atoms with van der Waals surface area (Å²) < 4.78 is 28.9. The average molecular weight is 432 g/mol. The van der Waals surface area contributed by atoms with Crippen molar-refractivity contribution in [3.63, 3.8) is 0 Å². The molecule has 0 amide bonds. The van der Waals surface area contributed by atoms with Crippen molar-refractivity contribution < 1.29 is 8.42 Å². The molecule has 2 rings (SSSR count). The molecule has 0 aromatic heterocycles. The fraction of sp³-hybridized carbons (Fsp3) is 0.667. The molecule has 0 bridgehead atoms. The van der Waals surface area contributed by atoms with E-state index in [1.54, 1.807) is 10.4 Å². The molecule has 7 heteroatoms. The van der Waals surface area contributed by atoms with Crippen LogP contribution in [0.4, 0.5) is 0 Å². The van der Waals surface area contributed by atoms with E-state index in [4.69, 9.17) is 0 Å². The second-order valence-corrected chi connectivity index (χ2v) is 9.79. The molecule has 1 aromatic rings. The van der Waals surface area contributed by atoms with E-state index in [0.29, 0.717) is 35.0 Å². The first kappa shape index (κ1) is 20.8. The largest absolute Gasteiger partial charge is 0.308 e. The highest BCUT2D eigenvalue weighted by atomic mass is 79.9. The summed E-state index contributed by atoms with van der Waals surface area (Å²) in [7, 11) is 0.415. The maximum atomic E-state index is 13.3. The number of likely N-dealkylation sites (tertiary alicyclic amines) is 1. The van der Waals surface area contributed by atoms with Gasteiger partial charge in [0, 0.05) is 30.1 Å². The normalized spacial score (nSPS) is 19.2. The first-order chi connectivity index (χ1) is 11.8. The molecule has 1 fully saturated rings. The number of likely N-dealkylation sites (N-methyl/N-ethyl adjacent to an activating group) is 2. The van der Waals surface area contributed by atoms with Crippen LogP contribution in [-0.4, -0.2) is 75.4 Å². The van der Waals surface area contributed by atoms with Gasteiger partial charge in [0.05, 0.1) is 4.90 Å². The summed E-state index contributed by atoms with van der Waals surface area (Å²) in [5, 5.41) is 0. The molecule has 1 atom stereocenters. The molecule has 1 heterocycles. The van der Waals surface area contributed by atoms with Crippen molar-refractivity contribution in [2.45, 2.75) is 37.6 Å². The van der Waals surface area contributed by atoms with Gasteiger partial charge in [0.2, 0.25) is 10.0 Å². The third kappa shape index (κ3) is 5.26. The standard InChI is InChI=1S/C18H30BrN3O2S/c1-5-21-10-6-7-16(21)14-22(12-11-20(3)4)25(23,24)18-9-8-15(2)13-17(18)19/h8-9,13,16H,5-7,10-12,14H2,1-4H3. The van der Waals surface area contributed by atoms with Crippen LogP contribution in [0.2, 0.25) is 0 Å². The molecule has 5 nitrogen and oxygen atoms in total. The molecule has 1 saturated heterocycles. The van der Waals surface area contributed by atoms with E-state index in [1.165, 1.54) is 0 Å². The Kier molecular flexibility index (Phi) is 7.46. The second-order valence-electron chi connectivity index (χ2n) is 7.02. The first-order valence-electron chi connectivity index (χ1n) is 8.90. The van der Waals surface area contributed by atoms with E-state index < -0.39 is 10.0 Å². The zero-order chi connectivity index (χ0) is 18.6. The van der Waals surface area contributed by atoms with Crippen molar-refractivity contribution in [1.29, 1.82) is 0 Å². The highest BCUT2D eigenvalue weighted by molar-refractivity contribution is 9.10. The summed E-state index contributed by atoms with van der Waals surface area (Å²) in [6, 6.07) is 5.75. The van der Waals surface area contributed by atoms with Crippen LogP contribution < -0.4 is 0 Å². The number of benzene rings is 1. The summed E-state index contributed by atoms with van der Waals surface area (Å²) >= 11 is 3.44. The number of nitrogens with zero attached hydrogens (tertiary/aromatic N) is 3. The Morgan fingerprint density at radius 2 is 2.00 bits per heavy atom. The van der Waals surface area contributed by atoms with E-state index in [0.717, 1.165) is 31.5 Å². The molecule has 0 aliphatic carbocycles. The summed E-state index contributed by atoms with van der Waals surface area (Å²) in [5.41, 5.74) is 1.04. The van der Waals surface area contributed by atoms with Gasteiger partial charge in [-0.2, -0.15) is 4.31 Å². The zero-order valence-electron chi connectivity index (χ0n) is 15.7. The van der Waals surface area contributed by atoms with Gasteiger partial charge in [0.1, 0.15) is 0 Å². The Balaban J connectivity index is 2.29. The Bertz CT molecular complexity index is 679. The Labute approximate surface area is 161 Å². The number of aryl methyl sites for hydroxylation is 1. The molecule has 142 valence electrons. The van der Waals surface area contributed by atoms with Gasteiger partial charge in [-0.25, -0.2) is 8.42 Å². The maximum absolute atomic E-state index is 13.3. The summed E-state index contributed by atoms with van der Waals surface area (Å²) in [5.74, 6) is 0. The zero-order valence-corrected chi connectivity index (χ0v) is 18.1. The minimum Gasteiger partial charge on any atom is -0.308 e. The van der Waals surface area contributed by atoms with Crippen LogP contribution in [0.1, 0.15) is 25.3 Å². The number of rotatable bonds is 8. The molecule has 1 aliphatic heterocycles. The third-order valence-corrected chi connectivity index (χ3v) is 7.66. The van der Waals surface area contributed by atoms with Gasteiger partial charge in [0.15, 0.2) is 0 Å². The van der Waals surface area contributed by atoms with E-state index in [9.17, 15) is 8.42 Å². The van der Waals surface area contributed by atoms with Crippen LogP contribution in [0.5, 0.6) is 0 Å². The smallest absolute Gasteiger partial charge is 0.244 e. The van der Waals surface area contributed by atoms with E-state index in [-0.39, 0.29) is 0 Å². The molecule has 25 heavy (non-hydrogen) atoms. The number of sulfonamides is 1.